The lowest BCUT2D eigenvalue weighted by Gasteiger charge is -1.95. The summed E-state index contributed by atoms with van der Waals surface area (Å²) in [6, 6.07) is 2.25. The number of hydrogen-bond acceptors (Lipinski definition) is 1. The minimum atomic E-state index is 1.24. The topological polar surface area (TPSA) is 0 Å². The first-order valence-corrected chi connectivity index (χ1v) is 5.59. The predicted octanol–water partition coefficient (Wildman–Crippen LogP) is 2.11. The van der Waals surface area contributed by atoms with E-state index in [0.29, 0.717) is 0 Å². The van der Waals surface area contributed by atoms with E-state index in [1.165, 1.54) is 33.4 Å². The van der Waals surface area contributed by atoms with Crippen LogP contribution in [0, 0.1) is 0 Å². The maximum Gasteiger partial charge on any atom is 0.153 e. The molecule has 0 nitrogen and oxygen atoms in total. The second kappa shape index (κ2) is 4.32. The fourth-order valence-corrected chi connectivity index (χ4v) is 2.89. The Morgan fingerprint density at radius 3 is 2.82 bits per heavy atom. The summed E-state index contributed by atoms with van der Waals surface area (Å²) in [5.74, 6) is 0. The molecule has 0 unspecified atom stereocenters. The van der Waals surface area contributed by atoms with E-state index >= 15 is 0 Å². The molecule has 1 heterocycles. The Balaban J connectivity index is 2.62. The summed E-state index contributed by atoms with van der Waals surface area (Å²) < 4.78 is 2.73. The SMILES string of the molecule is Bc1sc(Br)cc1CCCC. The van der Waals surface area contributed by atoms with Gasteiger partial charge in [0.15, 0.2) is 7.85 Å². The smallest absolute Gasteiger partial charge is 0.144 e. The molecular formula is C8H12BBrS. The van der Waals surface area contributed by atoms with E-state index in [0.717, 1.165) is 0 Å². The standard InChI is InChI=1S/C8H12BBrS/c1-2-3-4-6-5-7(10)11-8(6)9/h5H,2-4,9H2,1H3. The normalized spacial score (nSPS) is 10.4. The Bertz CT molecular complexity index is 232. The summed E-state index contributed by atoms with van der Waals surface area (Å²) >= 11 is 5.33. The van der Waals surface area contributed by atoms with Crippen LogP contribution in [-0.2, 0) is 6.42 Å². The zero-order valence-corrected chi connectivity index (χ0v) is 9.39. The maximum absolute atomic E-state index is 3.49. The molecule has 0 spiro atoms. The van der Waals surface area contributed by atoms with Gasteiger partial charge >= 0.3 is 0 Å². The largest absolute Gasteiger partial charge is 0.153 e. The van der Waals surface area contributed by atoms with E-state index in [4.69, 9.17) is 0 Å². The Hall–Kier alpha value is 0.245. The first kappa shape index (κ1) is 9.33. The van der Waals surface area contributed by atoms with E-state index in [1.807, 2.05) is 11.3 Å². The van der Waals surface area contributed by atoms with E-state index in [2.05, 4.69) is 36.8 Å². The van der Waals surface area contributed by atoms with E-state index < -0.39 is 0 Å². The quantitative estimate of drug-likeness (QED) is 0.699. The van der Waals surface area contributed by atoms with Crippen LogP contribution in [0.15, 0.2) is 9.85 Å². The van der Waals surface area contributed by atoms with Gasteiger partial charge in [-0.25, -0.2) is 0 Å². The van der Waals surface area contributed by atoms with Crippen molar-refractivity contribution in [3.63, 3.8) is 0 Å². The molecule has 0 aliphatic carbocycles. The van der Waals surface area contributed by atoms with Gasteiger partial charge in [-0.05, 0) is 45.2 Å². The van der Waals surface area contributed by atoms with Crippen molar-refractivity contribution in [3.05, 3.63) is 15.4 Å². The molecule has 3 heteroatoms. The first-order valence-electron chi connectivity index (χ1n) is 3.99. The minimum absolute atomic E-state index is 1.24. The van der Waals surface area contributed by atoms with Crippen LogP contribution in [0.4, 0.5) is 0 Å². The van der Waals surface area contributed by atoms with Gasteiger partial charge in [-0.3, -0.25) is 0 Å². The molecule has 0 saturated heterocycles. The molecule has 60 valence electrons. The summed E-state index contributed by atoms with van der Waals surface area (Å²) in [5.41, 5.74) is 1.52. The molecule has 1 rings (SSSR count). The second-order valence-electron chi connectivity index (χ2n) is 2.74. The number of halogens is 1. The molecule has 0 aliphatic heterocycles. The highest BCUT2D eigenvalue weighted by molar-refractivity contribution is 9.11. The van der Waals surface area contributed by atoms with Crippen molar-refractivity contribution in [2.45, 2.75) is 26.2 Å². The van der Waals surface area contributed by atoms with Crippen molar-refractivity contribution in [3.8, 4) is 0 Å². The summed E-state index contributed by atoms with van der Waals surface area (Å²) in [6.45, 7) is 2.23. The monoisotopic (exact) mass is 230 g/mol. The fourth-order valence-electron chi connectivity index (χ4n) is 1.10. The fraction of sp³-hybridized carbons (Fsp3) is 0.500. The first-order chi connectivity index (χ1) is 5.24. The van der Waals surface area contributed by atoms with Crippen LogP contribution in [0.25, 0.3) is 0 Å². The molecule has 0 N–H and O–H groups in total. The molecule has 0 aromatic carbocycles. The molecule has 0 fully saturated rings. The molecular weight excluding hydrogens is 219 g/mol. The van der Waals surface area contributed by atoms with Gasteiger partial charge in [0, 0.05) is 0 Å². The van der Waals surface area contributed by atoms with Gasteiger partial charge < -0.3 is 0 Å². The van der Waals surface area contributed by atoms with Crippen LogP contribution in [0.5, 0.6) is 0 Å². The third-order valence-electron chi connectivity index (χ3n) is 1.79. The third kappa shape index (κ3) is 2.64. The van der Waals surface area contributed by atoms with Crippen molar-refractivity contribution >= 4 is 39.9 Å². The average Bonchev–Trinajstić information content (AvgIpc) is 2.26. The Labute approximate surface area is 81.6 Å². The highest BCUT2D eigenvalue weighted by atomic mass is 79.9. The highest BCUT2D eigenvalue weighted by Crippen LogP contribution is 2.18. The molecule has 0 atom stereocenters. The maximum atomic E-state index is 3.49. The lowest BCUT2D eigenvalue weighted by Crippen LogP contribution is -2.02. The van der Waals surface area contributed by atoms with Gasteiger partial charge in [0.25, 0.3) is 0 Å². The van der Waals surface area contributed by atoms with E-state index in [9.17, 15) is 0 Å². The van der Waals surface area contributed by atoms with Gasteiger partial charge in [-0.2, -0.15) is 0 Å². The highest BCUT2D eigenvalue weighted by Gasteiger charge is 2.01. The molecule has 0 bridgehead atoms. The summed E-state index contributed by atoms with van der Waals surface area (Å²) in [6.07, 6.45) is 3.83. The molecule has 0 amide bonds. The zero-order valence-electron chi connectivity index (χ0n) is 6.98. The molecule has 0 saturated carbocycles. The van der Waals surface area contributed by atoms with Crippen molar-refractivity contribution in [1.29, 1.82) is 0 Å². The Kier molecular flexibility index (Phi) is 3.66. The van der Waals surface area contributed by atoms with Crippen molar-refractivity contribution in [1.82, 2.24) is 0 Å². The van der Waals surface area contributed by atoms with Crippen LogP contribution in [-0.4, -0.2) is 7.85 Å². The van der Waals surface area contributed by atoms with Gasteiger partial charge in [-0.15, -0.1) is 11.3 Å². The van der Waals surface area contributed by atoms with Gasteiger partial charge in [0.05, 0.1) is 3.79 Å². The Morgan fingerprint density at radius 1 is 1.64 bits per heavy atom. The van der Waals surface area contributed by atoms with Gasteiger partial charge in [0.1, 0.15) is 0 Å². The van der Waals surface area contributed by atoms with E-state index in [1.54, 1.807) is 0 Å². The summed E-state index contributed by atoms with van der Waals surface area (Å²) in [4.78, 5) is 0. The number of rotatable bonds is 3. The van der Waals surface area contributed by atoms with Gasteiger partial charge in [-0.1, -0.05) is 13.3 Å². The Morgan fingerprint density at radius 2 is 2.36 bits per heavy atom. The predicted molar refractivity (Wildman–Crippen MR) is 58.8 cm³/mol. The molecule has 0 aliphatic rings. The van der Waals surface area contributed by atoms with Crippen molar-refractivity contribution in [2.24, 2.45) is 0 Å². The zero-order chi connectivity index (χ0) is 8.27. The average molecular weight is 231 g/mol. The third-order valence-corrected chi connectivity index (χ3v) is 3.39. The molecule has 0 radical (unpaired) electrons. The summed E-state index contributed by atoms with van der Waals surface area (Å²) in [5, 5.41) is 0. The minimum Gasteiger partial charge on any atom is -0.144 e. The van der Waals surface area contributed by atoms with Crippen molar-refractivity contribution < 1.29 is 0 Å². The molecule has 1 aromatic heterocycles. The van der Waals surface area contributed by atoms with Crippen LogP contribution in [0.3, 0.4) is 0 Å². The number of unbranched alkanes of at least 4 members (excludes halogenated alkanes) is 1. The van der Waals surface area contributed by atoms with Gasteiger partial charge in [0.2, 0.25) is 0 Å². The van der Waals surface area contributed by atoms with Crippen LogP contribution in [0.1, 0.15) is 25.3 Å². The van der Waals surface area contributed by atoms with Crippen LogP contribution < -0.4 is 4.78 Å². The number of aryl methyl sites for hydroxylation is 1. The number of hydrogen-bond donors (Lipinski definition) is 0. The lowest BCUT2D eigenvalue weighted by molar-refractivity contribution is 0.799. The lowest BCUT2D eigenvalue weighted by atomic mass is 9.99. The van der Waals surface area contributed by atoms with Crippen LogP contribution >= 0.6 is 27.3 Å². The number of thiophene rings is 1. The summed E-state index contributed by atoms with van der Waals surface area (Å²) in [7, 11) is 2.19. The van der Waals surface area contributed by atoms with Crippen molar-refractivity contribution in [2.75, 3.05) is 0 Å². The second-order valence-corrected chi connectivity index (χ2v) is 5.37. The van der Waals surface area contributed by atoms with E-state index in [-0.39, 0.29) is 0 Å². The molecule has 1 aromatic rings. The molecule has 11 heavy (non-hydrogen) atoms. The van der Waals surface area contributed by atoms with Crippen LogP contribution in [0.2, 0.25) is 0 Å².